The Labute approximate surface area is 118 Å². The topological polar surface area (TPSA) is 21.3 Å². The molecule has 2 heterocycles. The smallest absolute Gasteiger partial charge is 0.175 e. The average Bonchev–Trinajstić information content (AvgIpc) is 2.88. The van der Waals surface area contributed by atoms with Crippen LogP contribution in [0.2, 0.25) is 0 Å². The lowest BCUT2D eigenvalue weighted by atomic mass is 9.95. The number of nitrogens with one attached hydrogen (secondary N) is 1. The van der Waals surface area contributed by atoms with Crippen molar-refractivity contribution in [1.82, 2.24) is 5.32 Å². The fourth-order valence-corrected chi connectivity index (χ4v) is 3.42. The summed E-state index contributed by atoms with van der Waals surface area (Å²) in [5.41, 5.74) is 1.25. The molecule has 0 amide bonds. The van der Waals surface area contributed by atoms with Crippen LogP contribution in [0.3, 0.4) is 0 Å². The summed E-state index contributed by atoms with van der Waals surface area (Å²) in [5.74, 6) is 0. The zero-order valence-electron chi connectivity index (χ0n) is 11.2. The molecule has 100 valence electrons. The summed E-state index contributed by atoms with van der Waals surface area (Å²) in [6.45, 7) is 4.32. The van der Waals surface area contributed by atoms with Crippen molar-refractivity contribution in [3.63, 3.8) is 0 Å². The minimum Gasteiger partial charge on any atom is -0.478 e. The van der Waals surface area contributed by atoms with E-state index in [0.29, 0.717) is 0 Å². The Morgan fingerprint density at radius 2 is 1.79 bits per heavy atom. The molecule has 19 heavy (non-hydrogen) atoms. The largest absolute Gasteiger partial charge is 0.478 e. The van der Waals surface area contributed by atoms with E-state index in [1.165, 1.54) is 10.4 Å². The molecule has 1 N–H and O–H groups in total. The van der Waals surface area contributed by atoms with Crippen LogP contribution in [0.4, 0.5) is 0 Å². The van der Waals surface area contributed by atoms with E-state index in [1.807, 2.05) is 6.07 Å². The molecule has 1 fully saturated rings. The Balaban J connectivity index is 1.75. The molecule has 2 nitrogen and oxygen atoms in total. The highest BCUT2D eigenvalue weighted by molar-refractivity contribution is 7.17. The zero-order chi connectivity index (χ0) is 13.1. The van der Waals surface area contributed by atoms with Gasteiger partial charge in [0.1, 0.15) is 5.60 Å². The van der Waals surface area contributed by atoms with E-state index in [2.05, 4.69) is 48.6 Å². The predicted molar refractivity (Wildman–Crippen MR) is 80.9 cm³/mol. The van der Waals surface area contributed by atoms with Gasteiger partial charge in [-0.2, -0.15) is 0 Å². The number of hydrogen-bond acceptors (Lipinski definition) is 3. The van der Waals surface area contributed by atoms with Gasteiger partial charge in [-0.15, -0.1) is 0 Å². The maximum absolute atomic E-state index is 6.22. The summed E-state index contributed by atoms with van der Waals surface area (Å²) < 4.78 is 6.22. The van der Waals surface area contributed by atoms with Crippen molar-refractivity contribution in [2.24, 2.45) is 0 Å². The first-order chi connectivity index (χ1) is 9.25. The van der Waals surface area contributed by atoms with Crippen molar-refractivity contribution in [2.75, 3.05) is 13.1 Å². The van der Waals surface area contributed by atoms with E-state index in [4.69, 9.17) is 4.74 Å². The first-order valence-electron chi connectivity index (χ1n) is 6.80. The lowest BCUT2D eigenvalue weighted by molar-refractivity contribution is 0.0596. The number of hydrogen-bond donors (Lipinski definition) is 1. The average molecular weight is 273 g/mol. The van der Waals surface area contributed by atoms with Gasteiger partial charge in [0.15, 0.2) is 5.06 Å². The van der Waals surface area contributed by atoms with Crippen molar-refractivity contribution in [2.45, 2.75) is 25.4 Å². The van der Waals surface area contributed by atoms with Crippen molar-refractivity contribution in [3.8, 4) is 15.5 Å². The number of benzene rings is 1. The van der Waals surface area contributed by atoms with Crippen molar-refractivity contribution < 1.29 is 4.74 Å². The van der Waals surface area contributed by atoms with E-state index in [-0.39, 0.29) is 5.60 Å². The first-order valence-corrected chi connectivity index (χ1v) is 7.62. The Bertz CT molecular complexity index is 529. The van der Waals surface area contributed by atoms with Gasteiger partial charge in [-0.3, -0.25) is 0 Å². The molecule has 0 spiro atoms. The number of thiophene rings is 1. The van der Waals surface area contributed by atoms with Crippen LogP contribution in [0, 0.1) is 0 Å². The van der Waals surface area contributed by atoms with Gasteiger partial charge >= 0.3 is 0 Å². The van der Waals surface area contributed by atoms with Gasteiger partial charge in [-0.05, 0) is 50.6 Å². The van der Waals surface area contributed by atoms with Crippen LogP contribution in [-0.4, -0.2) is 18.7 Å². The normalized spacial score (nSPS) is 18.2. The second-order valence-electron chi connectivity index (χ2n) is 5.29. The molecule has 3 heteroatoms. The highest BCUT2D eigenvalue weighted by Crippen LogP contribution is 2.36. The lowest BCUT2D eigenvalue weighted by Crippen LogP contribution is -2.43. The monoisotopic (exact) mass is 273 g/mol. The van der Waals surface area contributed by atoms with E-state index >= 15 is 0 Å². The third-order valence-corrected chi connectivity index (χ3v) is 4.66. The molecule has 0 atom stereocenters. The second-order valence-corrected chi connectivity index (χ2v) is 6.33. The van der Waals surface area contributed by atoms with Crippen LogP contribution >= 0.6 is 11.3 Å². The van der Waals surface area contributed by atoms with Gasteiger partial charge in [0.25, 0.3) is 0 Å². The van der Waals surface area contributed by atoms with Gasteiger partial charge in [0.2, 0.25) is 0 Å². The minimum atomic E-state index is -0.00986. The quantitative estimate of drug-likeness (QED) is 0.914. The Morgan fingerprint density at radius 3 is 2.53 bits per heavy atom. The zero-order valence-corrected chi connectivity index (χ0v) is 12.0. The number of piperidine rings is 1. The van der Waals surface area contributed by atoms with Gasteiger partial charge < -0.3 is 10.1 Å². The Kier molecular flexibility index (Phi) is 3.58. The summed E-state index contributed by atoms with van der Waals surface area (Å²) in [4.78, 5) is 1.27. The number of rotatable bonds is 3. The molecule has 1 aromatic heterocycles. The summed E-state index contributed by atoms with van der Waals surface area (Å²) in [7, 11) is 0. The lowest BCUT2D eigenvalue weighted by Gasteiger charge is -2.33. The molecule has 1 aliphatic heterocycles. The van der Waals surface area contributed by atoms with Gasteiger partial charge in [0, 0.05) is 4.88 Å². The second kappa shape index (κ2) is 5.35. The standard InChI is InChI=1S/C16H19NOS/c1-16(9-11-17-12-10-16)18-15-8-7-14(19-15)13-5-3-2-4-6-13/h2-8,17H,9-12H2,1H3. The van der Waals surface area contributed by atoms with Crippen molar-refractivity contribution in [3.05, 3.63) is 42.5 Å². The van der Waals surface area contributed by atoms with Crippen molar-refractivity contribution >= 4 is 11.3 Å². The first kappa shape index (κ1) is 12.7. The highest BCUT2D eigenvalue weighted by atomic mass is 32.1. The van der Waals surface area contributed by atoms with E-state index < -0.39 is 0 Å². The fourth-order valence-electron chi connectivity index (χ4n) is 2.43. The summed E-state index contributed by atoms with van der Waals surface area (Å²) >= 11 is 1.74. The SMILES string of the molecule is CC1(Oc2ccc(-c3ccccc3)s2)CCNCC1. The molecule has 0 bridgehead atoms. The summed E-state index contributed by atoms with van der Waals surface area (Å²) in [6, 6.07) is 14.7. The third-order valence-electron chi connectivity index (χ3n) is 3.65. The molecule has 2 aromatic rings. The van der Waals surface area contributed by atoms with E-state index in [9.17, 15) is 0 Å². The molecule has 1 aliphatic rings. The predicted octanol–water partition coefficient (Wildman–Crippen LogP) is 3.94. The van der Waals surface area contributed by atoms with Crippen LogP contribution in [0.25, 0.3) is 10.4 Å². The van der Waals surface area contributed by atoms with Crippen molar-refractivity contribution in [1.29, 1.82) is 0 Å². The maximum atomic E-state index is 6.22. The van der Waals surface area contributed by atoms with Gasteiger partial charge in [0.05, 0.1) is 0 Å². The van der Waals surface area contributed by atoms with Crippen LogP contribution in [-0.2, 0) is 0 Å². The van der Waals surface area contributed by atoms with Gasteiger partial charge in [-0.1, -0.05) is 41.7 Å². The van der Waals surface area contributed by atoms with Gasteiger partial charge in [-0.25, -0.2) is 0 Å². The number of ether oxygens (including phenoxy) is 1. The Morgan fingerprint density at radius 1 is 1.05 bits per heavy atom. The minimum absolute atomic E-state index is 0.00986. The highest BCUT2D eigenvalue weighted by Gasteiger charge is 2.29. The fraction of sp³-hybridized carbons (Fsp3) is 0.375. The molecule has 0 aliphatic carbocycles. The van der Waals surface area contributed by atoms with Crippen LogP contribution in [0.1, 0.15) is 19.8 Å². The summed E-state index contributed by atoms with van der Waals surface area (Å²) in [6.07, 6.45) is 2.15. The Hall–Kier alpha value is -1.32. The molecule has 1 saturated heterocycles. The molecule has 3 rings (SSSR count). The molecular weight excluding hydrogens is 254 g/mol. The van der Waals surface area contributed by atoms with Crippen LogP contribution in [0.5, 0.6) is 5.06 Å². The molecule has 0 unspecified atom stereocenters. The maximum Gasteiger partial charge on any atom is 0.175 e. The molecule has 1 aromatic carbocycles. The molecule has 0 radical (unpaired) electrons. The van der Waals surface area contributed by atoms with E-state index in [0.717, 1.165) is 31.0 Å². The van der Waals surface area contributed by atoms with Crippen LogP contribution in [0.15, 0.2) is 42.5 Å². The molecular formula is C16H19NOS. The summed E-state index contributed by atoms with van der Waals surface area (Å²) in [5, 5.41) is 4.41. The molecule has 0 saturated carbocycles. The van der Waals surface area contributed by atoms with Crippen LogP contribution < -0.4 is 10.1 Å². The third kappa shape index (κ3) is 2.99. The van der Waals surface area contributed by atoms with E-state index in [1.54, 1.807) is 11.3 Å².